The maximum absolute atomic E-state index is 12.1. The molecule has 3 rings (SSSR count). The van der Waals surface area contributed by atoms with E-state index in [9.17, 15) is 9.59 Å². The molecule has 1 aromatic heterocycles. The highest BCUT2D eigenvalue weighted by Crippen LogP contribution is 2.17. The molecule has 0 bridgehead atoms. The van der Waals surface area contributed by atoms with Crippen molar-refractivity contribution in [2.45, 2.75) is 12.8 Å². The number of carbonyl (C=O) groups excluding carboxylic acids is 2. The van der Waals surface area contributed by atoms with Crippen molar-refractivity contribution in [2.24, 2.45) is 0 Å². The number of hydrogen-bond acceptors (Lipinski definition) is 5. The summed E-state index contributed by atoms with van der Waals surface area (Å²) in [5.41, 5.74) is 3.05. The van der Waals surface area contributed by atoms with Gasteiger partial charge in [-0.2, -0.15) is 0 Å². The second-order valence-corrected chi connectivity index (χ2v) is 6.16. The Bertz CT molecular complexity index is 924. The van der Waals surface area contributed by atoms with E-state index < -0.39 is 0 Å². The molecule has 6 heteroatoms. The summed E-state index contributed by atoms with van der Waals surface area (Å²) in [5, 5.41) is 5.99. The zero-order valence-corrected chi connectivity index (χ0v) is 15.5. The van der Waals surface area contributed by atoms with Gasteiger partial charge in [0.1, 0.15) is 5.82 Å². The molecule has 0 atom stereocenters. The van der Waals surface area contributed by atoms with Crippen molar-refractivity contribution in [3.8, 4) is 0 Å². The molecule has 0 fully saturated rings. The Hall–Kier alpha value is -3.67. The Balaban J connectivity index is 1.51. The highest BCUT2D eigenvalue weighted by molar-refractivity contribution is 5.91. The van der Waals surface area contributed by atoms with Crippen molar-refractivity contribution in [1.82, 2.24) is 4.98 Å². The summed E-state index contributed by atoms with van der Waals surface area (Å²) in [7, 11) is 1.35. The van der Waals surface area contributed by atoms with E-state index in [-0.39, 0.29) is 11.9 Å². The first kappa shape index (κ1) is 19.1. The molecule has 1 heterocycles. The number of rotatable bonds is 7. The quantitative estimate of drug-likeness (QED) is 0.606. The molecule has 6 nitrogen and oxygen atoms in total. The van der Waals surface area contributed by atoms with E-state index in [1.165, 1.54) is 7.11 Å². The van der Waals surface area contributed by atoms with Crippen LogP contribution in [0.4, 0.5) is 17.2 Å². The standard InChI is InChI=1S/C22H21N3O3/c1-28-22(27)17-8-10-18(11-9-17)24-20-13-12-19(15-23-20)25-21(26)14-7-16-5-3-2-4-6-16/h2-6,8-13,15H,7,14H2,1H3,(H,23,24)(H,25,26). The molecular formula is C22H21N3O3. The lowest BCUT2D eigenvalue weighted by Gasteiger charge is -2.08. The van der Waals surface area contributed by atoms with Crippen LogP contribution in [-0.2, 0) is 16.0 Å². The predicted octanol–water partition coefficient (Wildman–Crippen LogP) is 4.18. The molecule has 0 radical (unpaired) electrons. The van der Waals surface area contributed by atoms with Crippen LogP contribution in [0.15, 0.2) is 72.9 Å². The van der Waals surface area contributed by atoms with E-state index >= 15 is 0 Å². The second kappa shape index (κ2) is 9.32. The van der Waals surface area contributed by atoms with Crippen molar-refractivity contribution >= 4 is 29.1 Å². The van der Waals surface area contributed by atoms with Crippen molar-refractivity contribution in [1.29, 1.82) is 0 Å². The number of esters is 1. The molecule has 142 valence electrons. The van der Waals surface area contributed by atoms with Gasteiger partial charge in [-0.05, 0) is 48.4 Å². The number of aromatic nitrogens is 1. The minimum Gasteiger partial charge on any atom is -0.465 e. The van der Waals surface area contributed by atoms with Crippen LogP contribution in [0.25, 0.3) is 0 Å². The first-order chi connectivity index (χ1) is 13.6. The number of carbonyl (C=O) groups is 2. The third-order valence-electron chi connectivity index (χ3n) is 4.11. The van der Waals surface area contributed by atoms with Crippen LogP contribution in [0, 0.1) is 0 Å². The van der Waals surface area contributed by atoms with Gasteiger partial charge in [-0.3, -0.25) is 4.79 Å². The van der Waals surface area contributed by atoms with Gasteiger partial charge in [0.05, 0.1) is 24.6 Å². The van der Waals surface area contributed by atoms with E-state index in [0.29, 0.717) is 29.9 Å². The average Bonchev–Trinajstić information content (AvgIpc) is 2.74. The molecular weight excluding hydrogens is 354 g/mol. The smallest absolute Gasteiger partial charge is 0.337 e. The summed E-state index contributed by atoms with van der Waals surface area (Å²) in [6.07, 6.45) is 2.71. The van der Waals surface area contributed by atoms with Gasteiger partial charge in [-0.1, -0.05) is 30.3 Å². The van der Waals surface area contributed by atoms with Crippen LogP contribution in [0.1, 0.15) is 22.3 Å². The Labute approximate surface area is 163 Å². The maximum atomic E-state index is 12.1. The molecule has 0 spiro atoms. The van der Waals surface area contributed by atoms with E-state index in [1.807, 2.05) is 30.3 Å². The summed E-state index contributed by atoms with van der Waals surface area (Å²) in [4.78, 5) is 27.8. The molecule has 1 amide bonds. The molecule has 28 heavy (non-hydrogen) atoms. The van der Waals surface area contributed by atoms with Crippen molar-refractivity contribution in [3.63, 3.8) is 0 Å². The maximum Gasteiger partial charge on any atom is 0.337 e. The number of pyridine rings is 1. The number of hydrogen-bond donors (Lipinski definition) is 2. The summed E-state index contributed by atoms with van der Waals surface area (Å²) in [5.74, 6) is 0.204. The summed E-state index contributed by atoms with van der Waals surface area (Å²) >= 11 is 0. The molecule has 0 aliphatic carbocycles. The number of amides is 1. The van der Waals surface area contributed by atoms with Crippen molar-refractivity contribution in [3.05, 3.63) is 84.1 Å². The van der Waals surface area contributed by atoms with Crippen LogP contribution in [0.3, 0.4) is 0 Å². The Morgan fingerprint density at radius 2 is 1.64 bits per heavy atom. The Morgan fingerprint density at radius 3 is 2.29 bits per heavy atom. The fourth-order valence-corrected chi connectivity index (χ4v) is 2.62. The number of ether oxygens (including phenoxy) is 1. The van der Waals surface area contributed by atoms with Gasteiger partial charge in [0.15, 0.2) is 0 Å². The van der Waals surface area contributed by atoms with E-state index in [0.717, 1.165) is 11.3 Å². The van der Waals surface area contributed by atoms with Gasteiger partial charge < -0.3 is 15.4 Å². The third-order valence-corrected chi connectivity index (χ3v) is 4.11. The van der Waals surface area contributed by atoms with Gasteiger partial charge in [-0.15, -0.1) is 0 Å². The van der Waals surface area contributed by atoms with Crippen LogP contribution >= 0.6 is 0 Å². The highest BCUT2D eigenvalue weighted by Gasteiger charge is 2.06. The third kappa shape index (κ3) is 5.41. The van der Waals surface area contributed by atoms with Gasteiger partial charge in [0.25, 0.3) is 0 Å². The number of aryl methyl sites for hydroxylation is 1. The molecule has 0 unspecified atom stereocenters. The molecule has 2 N–H and O–H groups in total. The Kier molecular flexibility index (Phi) is 6.36. The number of benzene rings is 2. The summed E-state index contributed by atoms with van der Waals surface area (Å²) in [6, 6.07) is 20.4. The largest absolute Gasteiger partial charge is 0.465 e. The number of methoxy groups -OCH3 is 1. The van der Waals surface area contributed by atoms with E-state index in [4.69, 9.17) is 0 Å². The van der Waals surface area contributed by atoms with Gasteiger partial charge in [0, 0.05) is 12.1 Å². The molecule has 0 saturated carbocycles. The first-order valence-corrected chi connectivity index (χ1v) is 8.89. The summed E-state index contributed by atoms with van der Waals surface area (Å²) < 4.78 is 4.68. The monoisotopic (exact) mass is 375 g/mol. The molecule has 3 aromatic rings. The van der Waals surface area contributed by atoms with Crippen LogP contribution < -0.4 is 10.6 Å². The Morgan fingerprint density at radius 1 is 0.929 bits per heavy atom. The van der Waals surface area contributed by atoms with E-state index in [1.54, 1.807) is 42.6 Å². The highest BCUT2D eigenvalue weighted by atomic mass is 16.5. The van der Waals surface area contributed by atoms with Crippen LogP contribution in [0.5, 0.6) is 0 Å². The molecule has 0 saturated heterocycles. The fourth-order valence-electron chi connectivity index (χ4n) is 2.62. The van der Waals surface area contributed by atoms with Crippen LogP contribution in [0.2, 0.25) is 0 Å². The minimum absolute atomic E-state index is 0.0511. The van der Waals surface area contributed by atoms with Gasteiger partial charge in [-0.25, -0.2) is 9.78 Å². The van der Waals surface area contributed by atoms with E-state index in [2.05, 4.69) is 20.4 Å². The second-order valence-electron chi connectivity index (χ2n) is 6.16. The lowest BCUT2D eigenvalue weighted by Crippen LogP contribution is -2.12. The van der Waals surface area contributed by atoms with Gasteiger partial charge >= 0.3 is 5.97 Å². The number of nitrogens with one attached hydrogen (secondary N) is 2. The first-order valence-electron chi connectivity index (χ1n) is 8.89. The zero-order valence-electron chi connectivity index (χ0n) is 15.5. The summed E-state index contributed by atoms with van der Waals surface area (Å²) in [6.45, 7) is 0. The predicted molar refractivity (Wildman–Crippen MR) is 109 cm³/mol. The number of anilines is 3. The topological polar surface area (TPSA) is 80.3 Å². The van der Waals surface area contributed by atoms with Crippen LogP contribution in [-0.4, -0.2) is 24.0 Å². The lowest BCUT2D eigenvalue weighted by molar-refractivity contribution is -0.116. The molecule has 2 aromatic carbocycles. The SMILES string of the molecule is COC(=O)c1ccc(Nc2ccc(NC(=O)CCc3ccccc3)cn2)cc1. The fraction of sp³-hybridized carbons (Fsp3) is 0.136. The molecule has 0 aliphatic rings. The van der Waals surface area contributed by atoms with Crippen molar-refractivity contribution in [2.75, 3.05) is 17.7 Å². The normalized spacial score (nSPS) is 10.2. The zero-order chi connectivity index (χ0) is 19.8. The minimum atomic E-state index is -0.378. The van der Waals surface area contributed by atoms with Gasteiger partial charge in [0.2, 0.25) is 5.91 Å². The van der Waals surface area contributed by atoms with Crippen molar-refractivity contribution < 1.29 is 14.3 Å². The average molecular weight is 375 g/mol. The lowest BCUT2D eigenvalue weighted by atomic mass is 10.1. The molecule has 0 aliphatic heterocycles. The number of nitrogens with zero attached hydrogens (tertiary/aromatic N) is 1.